The Morgan fingerprint density at radius 2 is 2.62 bits per heavy atom. The molecule has 0 fully saturated rings. The van der Waals surface area contributed by atoms with Crippen LogP contribution in [0.1, 0.15) is 5.56 Å². The van der Waals surface area contributed by atoms with E-state index in [-0.39, 0.29) is 0 Å². The van der Waals surface area contributed by atoms with Crippen molar-refractivity contribution in [3.05, 3.63) is 18.0 Å². The minimum absolute atomic E-state index is 0.382. The second kappa shape index (κ2) is 1.94. The Labute approximate surface area is 46.9 Å². The lowest BCUT2D eigenvalue weighted by Gasteiger charge is -1.78. The monoisotopic (exact) mass is 112 g/mol. The first-order valence-electron chi connectivity index (χ1n) is 2.22. The molecule has 2 nitrogen and oxygen atoms in total. The van der Waals surface area contributed by atoms with E-state index in [9.17, 15) is 4.39 Å². The number of halogens is 1. The first-order valence-corrected chi connectivity index (χ1v) is 2.22. The average Bonchev–Trinajstić information content (AvgIpc) is 2.14. The summed E-state index contributed by atoms with van der Waals surface area (Å²) in [6, 6.07) is 0. The fraction of sp³-hybridized carbons (Fsp3) is 0.400. The maximum absolute atomic E-state index is 11.6. The molecular weight excluding hydrogens is 107 g/mol. The normalized spacial score (nSPS) is 9.75. The summed E-state index contributed by atoms with van der Waals surface area (Å²) >= 11 is 0. The molecule has 1 rings (SSSR count). The van der Waals surface area contributed by atoms with Crippen LogP contribution in [0.15, 0.2) is 0 Å². The summed E-state index contributed by atoms with van der Waals surface area (Å²) < 4.78 is 13.0. The average molecular weight is 112 g/mol. The molecule has 0 aliphatic rings. The smallest absolute Gasteiger partial charge is 0.120 e. The standard InChI is InChI=1S/C5H5FN2/c1-8-4-5(2-6)3-7-8/h2H2,1H3. The highest BCUT2D eigenvalue weighted by molar-refractivity contribution is 4.96. The van der Waals surface area contributed by atoms with Crippen molar-refractivity contribution >= 4 is 0 Å². The molecule has 2 radical (unpaired) electrons. The summed E-state index contributed by atoms with van der Waals surface area (Å²) in [5.41, 5.74) is 0.382. The maximum atomic E-state index is 11.6. The maximum Gasteiger partial charge on any atom is 0.120 e. The number of aromatic nitrogens is 2. The molecular formula is C5H5FN2. The van der Waals surface area contributed by atoms with E-state index in [2.05, 4.69) is 17.5 Å². The molecule has 0 aliphatic carbocycles. The van der Waals surface area contributed by atoms with Gasteiger partial charge in [-0.25, -0.2) is 4.39 Å². The van der Waals surface area contributed by atoms with E-state index >= 15 is 0 Å². The Hall–Kier alpha value is -0.860. The topological polar surface area (TPSA) is 17.8 Å². The Morgan fingerprint density at radius 3 is 2.88 bits per heavy atom. The summed E-state index contributed by atoms with van der Waals surface area (Å²) in [5.74, 6) is 0. The molecule has 0 aliphatic heterocycles. The third-order valence-corrected chi connectivity index (χ3v) is 0.765. The van der Waals surface area contributed by atoms with E-state index in [1.54, 1.807) is 7.05 Å². The molecule has 42 valence electrons. The fourth-order valence-corrected chi connectivity index (χ4v) is 0.440. The second-order valence-corrected chi connectivity index (χ2v) is 1.46. The van der Waals surface area contributed by atoms with Gasteiger partial charge in [0.1, 0.15) is 12.9 Å². The molecule has 0 bridgehead atoms. The van der Waals surface area contributed by atoms with Crippen molar-refractivity contribution in [2.45, 2.75) is 6.67 Å². The number of alkyl halides is 1. The molecule has 0 saturated carbocycles. The highest BCUT2D eigenvalue weighted by Crippen LogP contribution is 1.94. The van der Waals surface area contributed by atoms with Crippen LogP contribution in [0.3, 0.4) is 0 Å². The van der Waals surface area contributed by atoms with Crippen molar-refractivity contribution in [3.63, 3.8) is 0 Å². The summed E-state index contributed by atoms with van der Waals surface area (Å²) in [7, 11) is 1.68. The van der Waals surface area contributed by atoms with Gasteiger partial charge in [0.25, 0.3) is 0 Å². The second-order valence-electron chi connectivity index (χ2n) is 1.46. The van der Waals surface area contributed by atoms with Gasteiger partial charge in [0.2, 0.25) is 0 Å². The highest BCUT2D eigenvalue weighted by atomic mass is 19.1. The van der Waals surface area contributed by atoms with Gasteiger partial charge in [-0.15, -0.1) is 0 Å². The van der Waals surface area contributed by atoms with Crippen LogP contribution in [0.5, 0.6) is 0 Å². The van der Waals surface area contributed by atoms with Gasteiger partial charge in [-0.05, 0) is 0 Å². The molecule has 1 aromatic heterocycles. The van der Waals surface area contributed by atoms with Gasteiger partial charge in [0, 0.05) is 12.6 Å². The van der Waals surface area contributed by atoms with Crippen molar-refractivity contribution in [1.29, 1.82) is 0 Å². The zero-order valence-corrected chi connectivity index (χ0v) is 4.48. The third-order valence-electron chi connectivity index (χ3n) is 0.765. The predicted octanol–water partition coefficient (Wildman–Crippen LogP) is 0.490. The zero-order chi connectivity index (χ0) is 5.98. The van der Waals surface area contributed by atoms with Crippen LogP contribution < -0.4 is 0 Å². The van der Waals surface area contributed by atoms with E-state index in [0.717, 1.165) is 0 Å². The summed E-state index contributed by atoms with van der Waals surface area (Å²) in [6.07, 6.45) is 5.04. The van der Waals surface area contributed by atoms with Gasteiger partial charge in [-0.1, -0.05) is 0 Å². The van der Waals surface area contributed by atoms with Crippen LogP contribution in [0.2, 0.25) is 0 Å². The van der Waals surface area contributed by atoms with Crippen LogP contribution in [0, 0.1) is 12.4 Å². The minimum atomic E-state index is -0.534. The lowest BCUT2D eigenvalue weighted by molar-refractivity contribution is 0.484. The fourth-order valence-electron chi connectivity index (χ4n) is 0.440. The first-order chi connectivity index (χ1) is 3.83. The Balaban J connectivity index is 2.84. The summed E-state index contributed by atoms with van der Waals surface area (Å²) in [6.45, 7) is -0.534. The highest BCUT2D eigenvalue weighted by Gasteiger charge is 1.93. The van der Waals surface area contributed by atoms with E-state index < -0.39 is 6.67 Å². The Kier molecular flexibility index (Phi) is 1.28. The van der Waals surface area contributed by atoms with E-state index in [0.29, 0.717) is 5.56 Å². The zero-order valence-electron chi connectivity index (χ0n) is 4.48. The molecule has 8 heavy (non-hydrogen) atoms. The van der Waals surface area contributed by atoms with Crippen LogP contribution in [-0.4, -0.2) is 9.78 Å². The Morgan fingerprint density at radius 1 is 1.88 bits per heavy atom. The van der Waals surface area contributed by atoms with Crippen molar-refractivity contribution in [3.8, 4) is 0 Å². The first kappa shape index (κ1) is 5.28. The molecule has 1 aromatic rings. The summed E-state index contributed by atoms with van der Waals surface area (Å²) in [4.78, 5) is 0. The number of aryl methyl sites for hydroxylation is 1. The molecule has 0 saturated heterocycles. The number of hydrogen-bond donors (Lipinski definition) is 0. The van der Waals surface area contributed by atoms with E-state index in [1.807, 2.05) is 0 Å². The molecule has 0 amide bonds. The summed E-state index contributed by atoms with van der Waals surface area (Å²) in [5, 5.41) is 3.58. The molecule has 3 heteroatoms. The molecule has 0 unspecified atom stereocenters. The van der Waals surface area contributed by atoms with Crippen molar-refractivity contribution in [2.24, 2.45) is 7.05 Å². The number of hydrogen-bond acceptors (Lipinski definition) is 1. The van der Waals surface area contributed by atoms with Crippen LogP contribution in [0.4, 0.5) is 4.39 Å². The van der Waals surface area contributed by atoms with Gasteiger partial charge < -0.3 is 0 Å². The SMILES string of the molecule is Cn1[c]c(CF)[c]n1. The molecule has 0 atom stereocenters. The molecule has 1 heterocycles. The van der Waals surface area contributed by atoms with Gasteiger partial charge in [0.05, 0.1) is 6.20 Å². The van der Waals surface area contributed by atoms with Gasteiger partial charge in [-0.2, -0.15) is 5.10 Å². The quantitative estimate of drug-likeness (QED) is 0.517. The van der Waals surface area contributed by atoms with Crippen LogP contribution in [-0.2, 0) is 13.7 Å². The van der Waals surface area contributed by atoms with Crippen molar-refractivity contribution in [2.75, 3.05) is 0 Å². The van der Waals surface area contributed by atoms with Crippen molar-refractivity contribution < 1.29 is 4.39 Å². The van der Waals surface area contributed by atoms with Gasteiger partial charge in [-0.3, -0.25) is 4.68 Å². The van der Waals surface area contributed by atoms with Gasteiger partial charge >= 0.3 is 0 Å². The number of nitrogens with zero attached hydrogens (tertiary/aromatic N) is 2. The van der Waals surface area contributed by atoms with Gasteiger partial charge in [0.15, 0.2) is 0 Å². The van der Waals surface area contributed by atoms with Crippen LogP contribution >= 0.6 is 0 Å². The largest absolute Gasteiger partial charge is 0.265 e. The van der Waals surface area contributed by atoms with E-state index in [4.69, 9.17) is 0 Å². The predicted molar refractivity (Wildman–Crippen MR) is 25.7 cm³/mol. The minimum Gasteiger partial charge on any atom is -0.265 e. The molecule has 0 spiro atoms. The molecule has 0 N–H and O–H groups in total. The lowest BCUT2D eigenvalue weighted by Crippen LogP contribution is -1.85. The third kappa shape index (κ3) is 0.857. The van der Waals surface area contributed by atoms with Crippen LogP contribution in [0.25, 0.3) is 0 Å². The Bertz CT molecular complexity index is 171. The molecule has 0 aromatic carbocycles. The van der Waals surface area contributed by atoms with Crippen molar-refractivity contribution in [1.82, 2.24) is 9.78 Å². The van der Waals surface area contributed by atoms with E-state index in [1.165, 1.54) is 4.68 Å². The lowest BCUT2D eigenvalue weighted by atomic mass is 10.4. The number of rotatable bonds is 1.